The van der Waals surface area contributed by atoms with Crippen molar-refractivity contribution in [2.24, 2.45) is 0 Å². The van der Waals surface area contributed by atoms with E-state index in [0.717, 1.165) is 0 Å². The number of amides is 3. The lowest BCUT2D eigenvalue weighted by molar-refractivity contribution is -0.149. The highest BCUT2D eigenvalue weighted by Gasteiger charge is 2.42. The third-order valence-corrected chi connectivity index (χ3v) is 4.98. The van der Waals surface area contributed by atoms with E-state index < -0.39 is 35.2 Å². The van der Waals surface area contributed by atoms with Gasteiger partial charge in [-0.1, -0.05) is 19.1 Å². The molecule has 3 amide bonds. The molecule has 8 nitrogen and oxygen atoms in total. The van der Waals surface area contributed by atoms with Crippen molar-refractivity contribution < 1.29 is 24.2 Å². The van der Waals surface area contributed by atoms with Crippen molar-refractivity contribution in [3.63, 3.8) is 0 Å². The summed E-state index contributed by atoms with van der Waals surface area (Å²) in [6, 6.07) is 4.21. The number of phenolic OH excluding ortho intramolecular Hbond substituents is 1. The molecule has 0 fully saturated rings. The van der Waals surface area contributed by atoms with Crippen molar-refractivity contribution in [1.82, 2.24) is 15.5 Å². The van der Waals surface area contributed by atoms with E-state index in [2.05, 4.69) is 10.6 Å². The van der Waals surface area contributed by atoms with E-state index in [1.165, 1.54) is 17.0 Å². The summed E-state index contributed by atoms with van der Waals surface area (Å²) in [4.78, 5) is 40.7. The number of rotatable bonds is 8. The predicted molar refractivity (Wildman–Crippen MR) is 124 cm³/mol. The molecule has 180 valence electrons. The molecule has 3 N–H and O–H groups in total. The number of hydrogen-bond donors (Lipinski definition) is 3. The Morgan fingerprint density at radius 1 is 1.06 bits per heavy atom. The summed E-state index contributed by atoms with van der Waals surface area (Å²) in [6.07, 6.45) is -0.157. The fourth-order valence-corrected chi connectivity index (χ4v) is 3.18. The molecule has 0 saturated heterocycles. The number of ether oxygens (including phenoxy) is 1. The fourth-order valence-electron chi connectivity index (χ4n) is 3.18. The first-order valence-corrected chi connectivity index (χ1v) is 11.0. The molecule has 0 spiro atoms. The van der Waals surface area contributed by atoms with Crippen LogP contribution in [0.2, 0.25) is 0 Å². The predicted octanol–water partition coefficient (Wildman–Crippen LogP) is 3.89. The largest absolute Gasteiger partial charge is 0.508 e. The highest BCUT2D eigenvalue weighted by Crippen LogP contribution is 2.33. The van der Waals surface area contributed by atoms with Crippen LogP contribution in [0, 0.1) is 0 Å². The average Bonchev–Trinajstić information content (AvgIpc) is 2.62. The Morgan fingerprint density at radius 2 is 1.66 bits per heavy atom. The summed E-state index contributed by atoms with van der Waals surface area (Å²) in [6.45, 7) is 16.1. The molecule has 2 atom stereocenters. The topological polar surface area (TPSA) is 108 Å². The van der Waals surface area contributed by atoms with Crippen LogP contribution in [0.5, 0.6) is 5.75 Å². The maximum Gasteiger partial charge on any atom is 0.408 e. The normalized spacial score (nSPS) is 13.8. The molecule has 1 rings (SSSR count). The maximum absolute atomic E-state index is 13.7. The van der Waals surface area contributed by atoms with Gasteiger partial charge in [0.15, 0.2) is 0 Å². The number of aromatic hydroxyl groups is 1. The van der Waals surface area contributed by atoms with Gasteiger partial charge in [-0.15, -0.1) is 0 Å². The molecule has 0 aliphatic heterocycles. The summed E-state index contributed by atoms with van der Waals surface area (Å²) in [5, 5.41) is 15.5. The molecule has 0 aliphatic carbocycles. The van der Waals surface area contributed by atoms with Gasteiger partial charge in [0, 0.05) is 11.6 Å². The van der Waals surface area contributed by atoms with Crippen LogP contribution in [0.1, 0.15) is 80.3 Å². The SMILES string of the molecule is CCC(C)(C)N(C(=O)C(C)NC(=O)OC(C)(C)C)C(C(=O)NC(C)C)c1cccc(O)c1. The zero-order chi connectivity index (χ0) is 24.9. The van der Waals surface area contributed by atoms with Gasteiger partial charge < -0.3 is 25.4 Å². The Kier molecular flexibility index (Phi) is 9.12. The first-order valence-electron chi connectivity index (χ1n) is 11.0. The first-order chi connectivity index (χ1) is 14.6. The Bertz CT molecular complexity index is 814. The van der Waals surface area contributed by atoms with Crippen LogP contribution < -0.4 is 10.6 Å². The Balaban J connectivity index is 3.45. The van der Waals surface area contributed by atoms with Crippen molar-refractivity contribution in [1.29, 1.82) is 0 Å². The van der Waals surface area contributed by atoms with Gasteiger partial charge >= 0.3 is 6.09 Å². The van der Waals surface area contributed by atoms with Crippen molar-refractivity contribution in [3.8, 4) is 5.75 Å². The van der Waals surface area contributed by atoms with Crippen molar-refractivity contribution in [2.45, 2.75) is 98.0 Å². The van der Waals surface area contributed by atoms with E-state index in [-0.39, 0.29) is 17.7 Å². The van der Waals surface area contributed by atoms with Crippen molar-refractivity contribution in [3.05, 3.63) is 29.8 Å². The Hall–Kier alpha value is -2.77. The van der Waals surface area contributed by atoms with Gasteiger partial charge in [0.2, 0.25) is 11.8 Å². The monoisotopic (exact) mass is 449 g/mol. The van der Waals surface area contributed by atoms with Crippen molar-refractivity contribution in [2.75, 3.05) is 0 Å². The number of alkyl carbamates (subject to hydrolysis) is 1. The first kappa shape index (κ1) is 27.3. The van der Waals surface area contributed by atoms with Gasteiger partial charge in [-0.3, -0.25) is 9.59 Å². The van der Waals surface area contributed by atoms with Crippen LogP contribution in [-0.4, -0.2) is 51.1 Å². The molecule has 8 heteroatoms. The van der Waals surface area contributed by atoms with E-state index >= 15 is 0 Å². The van der Waals surface area contributed by atoms with Gasteiger partial charge in [-0.25, -0.2) is 4.79 Å². The number of benzene rings is 1. The third kappa shape index (κ3) is 7.73. The van der Waals surface area contributed by atoms with Crippen LogP contribution in [0.3, 0.4) is 0 Å². The molecule has 0 heterocycles. The molecular formula is C24H39N3O5. The minimum atomic E-state index is -1.00. The highest BCUT2D eigenvalue weighted by molar-refractivity contribution is 5.92. The molecule has 2 unspecified atom stereocenters. The highest BCUT2D eigenvalue weighted by atomic mass is 16.6. The number of nitrogens with one attached hydrogen (secondary N) is 2. The van der Waals surface area contributed by atoms with Crippen molar-refractivity contribution >= 4 is 17.9 Å². The van der Waals surface area contributed by atoms with Crippen LogP contribution >= 0.6 is 0 Å². The molecule has 0 saturated carbocycles. The summed E-state index contributed by atoms with van der Waals surface area (Å²) in [7, 11) is 0. The fraction of sp³-hybridized carbons (Fsp3) is 0.625. The lowest BCUT2D eigenvalue weighted by atomic mass is 9.92. The lowest BCUT2D eigenvalue weighted by Crippen LogP contribution is -2.59. The molecule has 1 aromatic carbocycles. The average molecular weight is 450 g/mol. The minimum absolute atomic E-state index is 0.00789. The Labute approximate surface area is 191 Å². The number of nitrogens with zero attached hydrogens (tertiary/aromatic N) is 1. The minimum Gasteiger partial charge on any atom is -0.508 e. The zero-order valence-corrected chi connectivity index (χ0v) is 20.8. The smallest absolute Gasteiger partial charge is 0.408 e. The van der Waals surface area contributed by atoms with E-state index in [9.17, 15) is 19.5 Å². The second-order valence-corrected chi connectivity index (χ2v) is 9.90. The molecule has 0 aliphatic rings. The molecule has 1 aromatic rings. The van der Waals surface area contributed by atoms with E-state index in [1.54, 1.807) is 39.8 Å². The van der Waals surface area contributed by atoms with Gasteiger partial charge in [0.05, 0.1) is 0 Å². The standard InChI is InChI=1S/C24H39N3O5/c1-10-24(8,9)27(21(30)16(4)26-22(31)32-23(5,6)7)19(20(29)25-15(2)3)17-12-11-13-18(28)14-17/h11-16,19,28H,10H2,1-9H3,(H,25,29)(H,26,31). The second kappa shape index (κ2) is 10.7. The molecule has 0 aromatic heterocycles. The zero-order valence-electron chi connectivity index (χ0n) is 20.8. The summed E-state index contributed by atoms with van der Waals surface area (Å²) >= 11 is 0. The van der Waals surface area contributed by atoms with Gasteiger partial charge in [-0.2, -0.15) is 0 Å². The quantitative estimate of drug-likeness (QED) is 0.558. The summed E-state index contributed by atoms with van der Waals surface area (Å²) in [5.74, 6) is -0.814. The molecule has 0 radical (unpaired) electrons. The van der Waals surface area contributed by atoms with E-state index in [1.807, 2.05) is 34.6 Å². The molecule has 0 bridgehead atoms. The van der Waals surface area contributed by atoms with Gasteiger partial charge in [0.25, 0.3) is 0 Å². The number of carbonyl (C=O) groups excluding carboxylic acids is 3. The Morgan fingerprint density at radius 3 is 2.12 bits per heavy atom. The van der Waals surface area contributed by atoms with Crippen LogP contribution in [-0.2, 0) is 14.3 Å². The molecular weight excluding hydrogens is 410 g/mol. The molecule has 32 heavy (non-hydrogen) atoms. The van der Waals surface area contributed by atoms with Crippen LogP contribution in [0.15, 0.2) is 24.3 Å². The summed E-state index contributed by atoms with van der Waals surface area (Å²) in [5.41, 5.74) is -0.968. The lowest BCUT2D eigenvalue weighted by Gasteiger charge is -2.44. The maximum atomic E-state index is 13.7. The van der Waals surface area contributed by atoms with Gasteiger partial charge in [-0.05, 0) is 79.5 Å². The van der Waals surface area contributed by atoms with Crippen LogP contribution in [0.4, 0.5) is 4.79 Å². The van der Waals surface area contributed by atoms with E-state index in [4.69, 9.17) is 4.74 Å². The van der Waals surface area contributed by atoms with E-state index in [0.29, 0.717) is 12.0 Å². The number of carbonyl (C=O) groups is 3. The van der Waals surface area contributed by atoms with Crippen LogP contribution in [0.25, 0.3) is 0 Å². The third-order valence-electron chi connectivity index (χ3n) is 4.98. The van der Waals surface area contributed by atoms with Gasteiger partial charge in [0.1, 0.15) is 23.4 Å². The summed E-state index contributed by atoms with van der Waals surface area (Å²) < 4.78 is 5.28. The number of hydrogen-bond acceptors (Lipinski definition) is 5. The number of phenols is 1. The second-order valence-electron chi connectivity index (χ2n) is 9.90.